The summed E-state index contributed by atoms with van der Waals surface area (Å²) in [5, 5.41) is 2.85. The number of carbonyl (C=O) groups is 2. The van der Waals surface area contributed by atoms with Crippen LogP contribution < -0.4 is 5.32 Å². The number of nitrogens with zero attached hydrogens (tertiary/aromatic N) is 2. The molecule has 112 valence electrons. The Morgan fingerprint density at radius 2 is 2.05 bits per heavy atom. The van der Waals surface area contributed by atoms with E-state index >= 15 is 0 Å². The van der Waals surface area contributed by atoms with E-state index in [1.807, 2.05) is 35.0 Å². The van der Waals surface area contributed by atoms with Gasteiger partial charge in [0, 0.05) is 25.4 Å². The van der Waals surface area contributed by atoms with Crippen LogP contribution >= 0.6 is 11.3 Å². The molecule has 5 nitrogen and oxygen atoms in total. The van der Waals surface area contributed by atoms with Crippen molar-refractivity contribution < 1.29 is 9.59 Å². The van der Waals surface area contributed by atoms with Crippen LogP contribution in [0.4, 0.5) is 0 Å². The molecule has 0 aliphatic rings. The lowest BCUT2D eigenvalue weighted by molar-refractivity contribution is 0.0957. The third-order valence-electron chi connectivity index (χ3n) is 3.26. The van der Waals surface area contributed by atoms with Crippen LogP contribution in [-0.4, -0.2) is 27.6 Å². The van der Waals surface area contributed by atoms with Crippen LogP contribution in [0, 0.1) is 0 Å². The summed E-state index contributed by atoms with van der Waals surface area (Å²) in [5.41, 5.74) is 1.83. The summed E-state index contributed by atoms with van der Waals surface area (Å²) in [6, 6.07) is 9.20. The van der Waals surface area contributed by atoms with Crippen LogP contribution in [0.5, 0.6) is 0 Å². The number of imidazole rings is 1. The zero-order chi connectivity index (χ0) is 15.5. The normalized spacial score (nSPS) is 10.8. The number of Topliss-reactive ketones (excluding diaryl/α,β-unsaturated/α-hetero) is 1. The fourth-order valence-electron chi connectivity index (χ4n) is 2.15. The van der Waals surface area contributed by atoms with E-state index in [0.717, 1.165) is 11.3 Å². The Balaban J connectivity index is 1.57. The molecule has 1 amide bonds. The summed E-state index contributed by atoms with van der Waals surface area (Å²) in [6.07, 6.45) is 4.57. The molecular formula is C16H15N3O2S. The van der Waals surface area contributed by atoms with Gasteiger partial charge in [0.2, 0.25) is 0 Å². The maximum Gasteiger partial charge on any atom is 0.261 e. The van der Waals surface area contributed by atoms with Gasteiger partial charge in [0.05, 0.1) is 15.4 Å². The first-order chi connectivity index (χ1) is 10.6. The molecule has 3 rings (SSSR count). The third kappa shape index (κ3) is 3.07. The molecule has 0 spiro atoms. The molecule has 3 aromatic heterocycles. The highest BCUT2D eigenvalue weighted by Crippen LogP contribution is 2.16. The lowest BCUT2D eigenvalue weighted by Gasteiger charge is -2.01. The molecule has 0 unspecified atom stereocenters. The molecule has 3 aromatic rings. The largest absolute Gasteiger partial charge is 0.351 e. The minimum atomic E-state index is -0.152. The zero-order valence-corrected chi connectivity index (χ0v) is 12.9. The average molecular weight is 313 g/mol. The number of thiophene rings is 1. The molecule has 0 radical (unpaired) electrons. The number of aromatic nitrogens is 2. The predicted octanol–water partition coefficient (Wildman–Crippen LogP) is 2.57. The molecule has 3 heterocycles. The number of rotatable bonds is 5. The number of nitrogens with one attached hydrogen (secondary N) is 1. The quantitative estimate of drug-likeness (QED) is 0.736. The van der Waals surface area contributed by atoms with E-state index < -0.39 is 0 Å². The summed E-state index contributed by atoms with van der Waals surface area (Å²) in [6.45, 7) is 2.01. The van der Waals surface area contributed by atoms with Gasteiger partial charge < -0.3 is 9.72 Å². The highest BCUT2D eigenvalue weighted by Gasteiger charge is 2.11. The molecule has 0 atom stereocenters. The molecule has 0 aromatic carbocycles. The van der Waals surface area contributed by atoms with Crippen LogP contribution in [-0.2, 0) is 6.42 Å². The van der Waals surface area contributed by atoms with E-state index in [9.17, 15) is 9.59 Å². The van der Waals surface area contributed by atoms with Gasteiger partial charge in [-0.25, -0.2) is 4.98 Å². The van der Waals surface area contributed by atoms with Gasteiger partial charge >= 0.3 is 0 Å². The van der Waals surface area contributed by atoms with Gasteiger partial charge in [0.1, 0.15) is 5.65 Å². The van der Waals surface area contributed by atoms with Crippen molar-refractivity contribution in [1.29, 1.82) is 0 Å². The van der Waals surface area contributed by atoms with Crippen molar-refractivity contribution in [2.75, 3.05) is 6.54 Å². The Morgan fingerprint density at radius 3 is 2.77 bits per heavy atom. The van der Waals surface area contributed by atoms with E-state index in [-0.39, 0.29) is 11.7 Å². The topological polar surface area (TPSA) is 63.5 Å². The number of amides is 1. The summed E-state index contributed by atoms with van der Waals surface area (Å²) in [4.78, 5) is 28.9. The summed E-state index contributed by atoms with van der Waals surface area (Å²) in [5.74, 6) is -0.171. The molecule has 6 heteroatoms. The van der Waals surface area contributed by atoms with Crippen molar-refractivity contribution in [2.24, 2.45) is 0 Å². The van der Waals surface area contributed by atoms with Crippen LogP contribution in [0.15, 0.2) is 42.7 Å². The van der Waals surface area contributed by atoms with Crippen molar-refractivity contribution in [3.63, 3.8) is 0 Å². The van der Waals surface area contributed by atoms with Gasteiger partial charge in [-0.1, -0.05) is 6.07 Å². The Hall–Kier alpha value is -2.47. The molecule has 0 bridgehead atoms. The Labute approximate surface area is 131 Å². The third-order valence-corrected chi connectivity index (χ3v) is 4.44. The van der Waals surface area contributed by atoms with Gasteiger partial charge in [0.15, 0.2) is 5.78 Å². The minimum Gasteiger partial charge on any atom is -0.351 e. The second kappa shape index (κ2) is 6.11. The van der Waals surface area contributed by atoms with E-state index in [2.05, 4.69) is 10.3 Å². The van der Waals surface area contributed by atoms with Gasteiger partial charge in [-0.15, -0.1) is 11.3 Å². The highest BCUT2D eigenvalue weighted by molar-refractivity contribution is 7.15. The molecule has 0 aliphatic carbocycles. The molecular weight excluding hydrogens is 298 g/mol. The maximum absolute atomic E-state index is 12.0. The van der Waals surface area contributed by atoms with Crippen LogP contribution in [0.2, 0.25) is 0 Å². The second-order valence-corrected chi connectivity index (χ2v) is 6.01. The van der Waals surface area contributed by atoms with E-state index in [1.54, 1.807) is 12.1 Å². The van der Waals surface area contributed by atoms with Gasteiger partial charge in [-0.2, -0.15) is 0 Å². The van der Waals surface area contributed by atoms with Crippen LogP contribution in [0.25, 0.3) is 5.65 Å². The highest BCUT2D eigenvalue weighted by atomic mass is 32.1. The number of fused-ring (bicyclic) bond motifs is 1. The van der Waals surface area contributed by atoms with Crippen molar-refractivity contribution in [3.05, 3.63) is 58.2 Å². The first-order valence-corrected chi connectivity index (χ1v) is 7.77. The monoisotopic (exact) mass is 313 g/mol. The minimum absolute atomic E-state index is 0.0197. The summed E-state index contributed by atoms with van der Waals surface area (Å²) in [7, 11) is 0. The Kier molecular flexibility index (Phi) is 4.02. The fraction of sp³-hybridized carbons (Fsp3) is 0.188. The summed E-state index contributed by atoms with van der Waals surface area (Å²) >= 11 is 1.22. The van der Waals surface area contributed by atoms with Crippen molar-refractivity contribution in [2.45, 2.75) is 13.3 Å². The smallest absolute Gasteiger partial charge is 0.261 e. The molecule has 0 fully saturated rings. The van der Waals surface area contributed by atoms with Gasteiger partial charge in [-0.3, -0.25) is 9.59 Å². The lowest BCUT2D eigenvalue weighted by Crippen LogP contribution is -2.24. The number of hydrogen-bond acceptors (Lipinski definition) is 4. The van der Waals surface area contributed by atoms with Crippen molar-refractivity contribution in [1.82, 2.24) is 14.7 Å². The van der Waals surface area contributed by atoms with Crippen LogP contribution in [0.3, 0.4) is 0 Å². The Morgan fingerprint density at radius 1 is 1.23 bits per heavy atom. The first kappa shape index (κ1) is 14.5. The standard InChI is InChI=1S/C16H15N3O2S/c1-11(20)13-5-6-14(22-13)16(21)17-8-7-12-10-19-9-3-2-4-15(19)18-12/h2-6,9-10H,7-8H2,1H3,(H,17,21). The molecule has 0 saturated heterocycles. The maximum atomic E-state index is 12.0. The zero-order valence-electron chi connectivity index (χ0n) is 12.1. The van der Waals surface area contributed by atoms with Crippen LogP contribution in [0.1, 0.15) is 32.0 Å². The predicted molar refractivity (Wildman–Crippen MR) is 85.6 cm³/mol. The van der Waals surface area contributed by atoms with Crippen molar-refractivity contribution >= 4 is 28.7 Å². The van der Waals surface area contributed by atoms with Gasteiger partial charge in [-0.05, 0) is 31.2 Å². The lowest BCUT2D eigenvalue weighted by atomic mass is 10.3. The molecule has 22 heavy (non-hydrogen) atoms. The SMILES string of the molecule is CC(=O)c1ccc(C(=O)NCCc2cn3ccccc3n2)s1. The Bertz CT molecular complexity index is 802. The first-order valence-electron chi connectivity index (χ1n) is 6.95. The van der Waals surface area contributed by atoms with E-state index in [0.29, 0.717) is 22.7 Å². The van der Waals surface area contributed by atoms with Gasteiger partial charge in [0.25, 0.3) is 5.91 Å². The van der Waals surface area contributed by atoms with E-state index in [1.165, 1.54) is 18.3 Å². The molecule has 1 N–H and O–H groups in total. The molecule has 0 saturated carbocycles. The second-order valence-electron chi connectivity index (χ2n) is 4.92. The number of hydrogen-bond donors (Lipinski definition) is 1. The summed E-state index contributed by atoms with van der Waals surface area (Å²) < 4.78 is 1.95. The number of ketones is 1. The number of carbonyl (C=O) groups excluding carboxylic acids is 2. The number of pyridine rings is 1. The van der Waals surface area contributed by atoms with E-state index in [4.69, 9.17) is 0 Å². The average Bonchev–Trinajstić information content (AvgIpc) is 3.13. The fourth-order valence-corrected chi connectivity index (χ4v) is 2.97. The molecule has 0 aliphatic heterocycles. The van der Waals surface area contributed by atoms with Crippen molar-refractivity contribution in [3.8, 4) is 0 Å².